The number of anilines is 2. The summed E-state index contributed by atoms with van der Waals surface area (Å²) in [6, 6.07) is 5.86. The number of aryl methyl sites for hydroxylation is 1. The van der Waals surface area contributed by atoms with Crippen molar-refractivity contribution < 1.29 is 31.2 Å². The summed E-state index contributed by atoms with van der Waals surface area (Å²) in [6.45, 7) is 3.22. The highest BCUT2D eigenvalue weighted by Gasteiger charge is 2.49. The van der Waals surface area contributed by atoms with Crippen LogP contribution in [0.15, 0.2) is 35.6 Å². The van der Waals surface area contributed by atoms with Gasteiger partial charge in [0.2, 0.25) is 5.91 Å². The third-order valence-electron chi connectivity index (χ3n) is 6.50. The second-order valence-electron chi connectivity index (χ2n) is 9.35. The van der Waals surface area contributed by atoms with Crippen LogP contribution in [0.4, 0.5) is 24.7 Å². The number of nitriles is 1. The number of hydrogen-bond acceptors (Lipinski definition) is 8. The molecule has 2 amide bonds. The van der Waals surface area contributed by atoms with Gasteiger partial charge in [0, 0.05) is 12.6 Å². The Morgan fingerprint density at radius 2 is 2.00 bits per heavy atom. The number of hydrogen-bond donors (Lipinski definition) is 2. The zero-order valence-electron chi connectivity index (χ0n) is 20.6. The van der Waals surface area contributed by atoms with Crippen molar-refractivity contribution in [1.82, 2.24) is 10.3 Å². The van der Waals surface area contributed by atoms with Gasteiger partial charge in [0.1, 0.15) is 11.8 Å². The normalized spacial score (nSPS) is 19.5. The van der Waals surface area contributed by atoms with Gasteiger partial charge in [0.15, 0.2) is 15.7 Å². The molecule has 1 aromatic heterocycles. The Bertz CT molecular complexity index is 1530. The van der Waals surface area contributed by atoms with Crippen LogP contribution in [-0.4, -0.2) is 60.2 Å². The van der Waals surface area contributed by atoms with Crippen molar-refractivity contribution >= 4 is 50.5 Å². The second-order valence-corrected chi connectivity index (χ2v) is 11.8. The lowest BCUT2D eigenvalue weighted by atomic mass is 9.97. The maximum absolute atomic E-state index is 13.5. The Kier molecular flexibility index (Phi) is 7.35. The fraction of sp³-hybridized carbons (Fsp3) is 0.375. The average Bonchev–Trinajstić information content (AvgIpc) is 3.30. The fourth-order valence-corrected chi connectivity index (χ4v) is 6.86. The second kappa shape index (κ2) is 10.1. The Morgan fingerprint density at radius 1 is 1.31 bits per heavy atom. The molecule has 15 heteroatoms. The molecule has 2 aliphatic heterocycles. The van der Waals surface area contributed by atoms with Gasteiger partial charge < -0.3 is 10.6 Å². The number of nitrogens with zero attached hydrogens (tertiary/aromatic N) is 4. The van der Waals surface area contributed by atoms with Crippen molar-refractivity contribution in [3.05, 3.63) is 52.2 Å². The minimum Gasteiger partial charge on any atom is -0.344 e. The maximum Gasteiger partial charge on any atom is 0.431 e. The van der Waals surface area contributed by atoms with Gasteiger partial charge in [-0.15, -0.1) is 0 Å². The van der Waals surface area contributed by atoms with E-state index in [0.29, 0.717) is 6.42 Å². The van der Waals surface area contributed by atoms with Crippen LogP contribution in [0.2, 0.25) is 5.02 Å². The molecule has 0 spiro atoms. The summed E-state index contributed by atoms with van der Waals surface area (Å²) in [7, 11) is -3.31. The fourth-order valence-electron chi connectivity index (χ4n) is 4.50. The summed E-state index contributed by atoms with van der Waals surface area (Å²) in [6.07, 6.45) is -4.03. The number of alkyl halides is 3. The predicted molar refractivity (Wildman–Crippen MR) is 137 cm³/mol. The Balaban J connectivity index is 1.68. The zero-order valence-corrected chi connectivity index (χ0v) is 22.2. The number of sulfone groups is 1. The molecule has 0 aliphatic carbocycles. The van der Waals surface area contributed by atoms with E-state index in [-0.39, 0.29) is 44.7 Å². The van der Waals surface area contributed by atoms with Crippen LogP contribution in [0.25, 0.3) is 0 Å². The molecule has 0 radical (unpaired) electrons. The van der Waals surface area contributed by atoms with Crippen LogP contribution in [0.3, 0.4) is 0 Å². The number of aromatic nitrogens is 1. The molecule has 2 aliphatic rings. The van der Waals surface area contributed by atoms with Gasteiger partial charge in [0.25, 0.3) is 5.91 Å². The molecular formula is C24H22ClF3N6O4S. The van der Waals surface area contributed by atoms with Gasteiger partial charge in [-0.05, 0) is 43.2 Å². The summed E-state index contributed by atoms with van der Waals surface area (Å²) in [5.41, 5.74) is -2.03. The first-order chi connectivity index (χ1) is 18.2. The zero-order chi connectivity index (χ0) is 28.8. The van der Waals surface area contributed by atoms with Crippen LogP contribution in [0.1, 0.15) is 41.3 Å². The van der Waals surface area contributed by atoms with Gasteiger partial charge in [-0.3, -0.25) is 9.59 Å². The quantitative estimate of drug-likeness (QED) is 0.531. The smallest absolute Gasteiger partial charge is 0.344 e. The summed E-state index contributed by atoms with van der Waals surface area (Å²) < 4.78 is 64.2. The molecule has 206 valence electrons. The largest absolute Gasteiger partial charge is 0.431 e. The van der Waals surface area contributed by atoms with E-state index >= 15 is 0 Å². The molecule has 4 rings (SSSR count). The molecule has 1 saturated heterocycles. The van der Waals surface area contributed by atoms with Crippen LogP contribution in [0.5, 0.6) is 0 Å². The van der Waals surface area contributed by atoms with Crippen LogP contribution < -0.4 is 15.6 Å². The third-order valence-corrected chi connectivity index (χ3v) is 8.78. The predicted octanol–water partition coefficient (Wildman–Crippen LogP) is 3.36. The lowest BCUT2D eigenvalue weighted by Gasteiger charge is -2.41. The van der Waals surface area contributed by atoms with Gasteiger partial charge in [-0.1, -0.05) is 18.5 Å². The molecule has 0 bridgehead atoms. The summed E-state index contributed by atoms with van der Waals surface area (Å²) in [5, 5.41) is 19.0. The number of benzene rings is 1. The Morgan fingerprint density at radius 3 is 2.56 bits per heavy atom. The molecule has 3 heterocycles. The summed E-state index contributed by atoms with van der Waals surface area (Å²) in [4.78, 5) is 30.7. The van der Waals surface area contributed by atoms with Crippen molar-refractivity contribution in [2.45, 2.75) is 44.4 Å². The van der Waals surface area contributed by atoms with Gasteiger partial charge in [0.05, 0.1) is 45.0 Å². The van der Waals surface area contributed by atoms with Crippen molar-refractivity contribution in [3.63, 3.8) is 0 Å². The first kappa shape index (κ1) is 28.3. The number of carbonyl (C=O) groups excluding carboxylic acids is 2. The van der Waals surface area contributed by atoms with Crippen molar-refractivity contribution in [2.24, 2.45) is 5.10 Å². The first-order valence-electron chi connectivity index (χ1n) is 11.6. The highest BCUT2D eigenvalue weighted by molar-refractivity contribution is 7.93. The molecule has 0 saturated carbocycles. The highest BCUT2D eigenvalue weighted by Crippen LogP contribution is 2.35. The standard InChI is InChI=1S/C24H22ClF3N6O4S/c1-3-23(11-39(37,38)12-23)32-21(35)15-8-14(10-29)7-13(2)19(15)31-22(36)17-9-18(24(26,27)28)33-34(17)20-16(25)5-4-6-30-20/h4-8,17H,3,9,11-12H2,1-2H3,(H,31,36)(H,32,35). The number of rotatable bonds is 6. The summed E-state index contributed by atoms with van der Waals surface area (Å²) >= 11 is 6.12. The van der Waals surface area contributed by atoms with Gasteiger partial charge >= 0.3 is 6.18 Å². The van der Waals surface area contributed by atoms with E-state index in [9.17, 15) is 36.4 Å². The third kappa shape index (κ3) is 5.69. The Labute approximate surface area is 226 Å². The molecule has 1 unspecified atom stereocenters. The van der Waals surface area contributed by atoms with E-state index in [2.05, 4.69) is 20.7 Å². The molecule has 39 heavy (non-hydrogen) atoms. The van der Waals surface area contributed by atoms with E-state index in [1.54, 1.807) is 6.92 Å². The molecule has 2 N–H and O–H groups in total. The molecule has 10 nitrogen and oxygen atoms in total. The number of amides is 2. The minimum absolute atomic E-state index is 0.0302. The summed E-state index contributed by atoms with van der Waals surface area (Å²) in [5.74, 6) is -2.37. The number of nitrogens with one attached hydrogen (secondary N) is 2. The van der Waals surface area contributed by atoms with Gasteiger partial charge in [-0.2, -0.15) is 23.5 Å². The lowest BCUT2D eigenvalue weighted by molar-refractivity contribution is -0.117. The monoisotopic (exact) mass is 582 g/mol. The molecule has 2 aromatic rings. The average molecular weight is 583 g/mol. The topological polar surface area (TPSA) is 145 Å². The number of carbonyl (C=O) groups is 2. The highest BCUT2D eigenvalue weighted by atomic mass is 35.5. The Hall–Kier alpha value is -3.70. The van der Waals surface area contributed by atoms with E-state index in [4.69, 9.17) is 11.6 Å². The van der Waals surface area contributed by atoms with Crippen molar-refractivity contribution in [2.75, 3.05) is 21.8 Å². The number of hydrazone groups is 1. The number of halogens is 4. The van der Waals surface area contributed by atoms with Crippen LogP contribution in [-0.2, 0) is 14.6 Å². The number of pyridine rings is 1. The van der Waals surface area contributed by atoms with E-state index in [1.165, 1.54) is 37.4 Å². The minimum atomic E-state index is -4.82. The lowest BCUT2D eigenvalue weighted by Crippen LogP contribution is -2.65. The van der Waals surface area contributed by atoms with Crippen LogP contribution in [0, 0.1) is 18.3 Å². The molecular weight excluding hydrogens is 561 g/mol. The van der Waals surface area contributed by atoms with E-state index < -0.39 is 51.5 Å². The van der Waals surface area contributed by atoms with Crippen molar-refractivity contribution in [3.8, 4) is 6.07 Å². The maximum atomic E-state index is 13.5. The van der Waals surface area contributed by atoms with Gasteiger partial charge in [-0.25, -0.2) is 18.4 Å². The molecule has 1 fully saturated rings. The van der Waals surface area contributed by atoms with E-state index in [0.717, 1.165) is 5.01 Å². The SMILES string of the molecule is CCC1(NC(=O)c2cc(C#N)cc(C)c2NC(=O)C2CC(C(F)(F)F)=NN2c2ncccc2Cl)CS(=O)(=O)C1. The molecule has 1 atom stereocenters. The van der Waals surface area contributed by atoms with E-state index in [1.807, 2.05) is 6.07 Å². The van der Waals surface area contributed by atoms with Crippen LogP contribution >= 0.6 is 11.6 Å². The molecule has 1 aromatic carbocycles. The van der Waals surface area contributed by atoms with Crippen molar-refractivity contribution in [1.29, 1.82) is 5.26 Å². The first-order valence-corrected chi connectivity index (χ1v) is 13.8.